The van der Waals surface area contributed by atoms with Gasteiger partial charge in [0.05, 0.1) is 18.7 Å². The molecule has 0 aromatic heterocycles. The Kier molecular flexibility index (Phi) is 16.7. The maximum absolute atomic E-state index is 13.2. The summed E-state index contributed by atoms with van der Waals surface area (Å²) in [7, 11) is 0. The van der Waals surface area contributed by atoms with Crippen LogP contribution in [0.4, 0.5) is 9.59 Å². The Bertz CT molecular complexity index is 1440. The number of nitrogens with one attached hydrogen (secondary N) is 3. The summed E-state index contributed by atoms with van der Waals surface area (Å²) in [5.41, 5.74) is 12.3. The summed E-state index contributed by atoms with van der Waals surface area (Å²) in [6.45, 7) is 3.60. The van der Waals surface area contributed by atoms with Crippen molar-refractivity contribution in [2.75, 3.05) is 19.7 Å². The number of carbonyl (C=O) groups is 3. The Morgan fingerprint density at radius 2 is 1.46 bits per heavy atom. The molecular formula is C35H57N5O17. The number of hydrogen-bond donors (Lipinski definition) is 13. The van der Waals surface area contributed by atoms with Gasteiger partial charge in [-0.15, -0.1) is 0 Å². The molecule has 2 aliphatic heterocycles. The van der Waals surface area contributed by atoms with Gasteiger partial charge in [-0.25, -0.2) is 9.59 Å². The van der Waals surface area contributed by atoms with Crippen LogP contribution in [-0.4, -0.2) is 182 Å². The molecule has 1 aromatic carbocycles. The van der Waals surface area contributed by atoms with E-state index in [0.29, 0.717) is 5.56 Å². The molecule has 22 nitrogen and oxygen atoms in total. The van der Waals surface area contributed by atoms with Crippen molar-refractivity contribution in [3.63, 3.8) is 0 Å². The van der Waals surface area contributed by atoms with Crippen molar-refractivity contribution in [2.24, 2.45) is 11.5 Å². The summed E-state index contributed by atoms with van der Waals surface area (Å²) >= 11 is 0. The van der Waals surface area contributed by atoms with Gasteiger partial charge >= 0.3 is 12.2 Å². The number of aliphatic hydroxyl groups excluding tert-OH is 8. The monoisotopic (exact) mass is 819 g/mol. The van der Waals surface area contributed by atoms with E-state index in [-0.39, 0.29) is 26.0 Å². The number of ether oxygens (including phenoxy) is 6. The minimum absolute atomic E-state index is 0.0592. The van der Waals surface area contributed by atoms with E-state index in [0.717, 1.165) is 0 Å². The molecule has 0 bridgehead atoms. The third-order valence-corrected chi connectivity index (χ3v) is 9.58. The van der Waals surface area contributed by atoms with Gasteiger partial charge in [-0.2, -0.15) is 0 Å². The zero-order valence-corrected chi connectivity index (χ0v) is 31.8. The molecule has 6 unspecified atom stereocenters. The van der Waals surface area contributed by atoms with Crippen LogP contribution in [-0.2, 0) is 39.8 Å². The molecule has 324 valence electrons. The van der Waals surface area contributed by atoms with Gasteiger partial charge in [0.1, 0.15) is 79.4 Å². The van der Waals surface area contributed by atoms with Gasteiger partial charge in [-0.05, 0) is 39.2 Å². The highest BCUT2D eigenvalue weighted by molar-refractivity contribution is 5.81. The van der Waals surface area contributed by atoms with Crippen LogP contribution >= 0.6 is 0 Å². The van der Waals surface area contributed by atoms with E-state index < -0.39 is 135 Å². The molecule has 0 spiro atoms. The molecule has 15 N–H and O–H groups in total. The van der Waals surface area contributed by atoms with Crippen molar-refractivity contribution >= 4 is 18.1 Å². The van der Waals surface area contributed by atoms with E-state index in [1.165, 1.54) is 0 Å². The quantitative estimate of drug-likeness (QED) is 0.0836. The first-order valence-corrected chi connectivity index (χ1v) is 18.5. The van der Waals surface area contributed by atoms with Crippen molar-refractivity contribution in [2.45, 2.75) is 144 Å². The molecule has 3 fully saturated rings. The molecule has 4 rings (SSSR count). The molecule has 2 saturated heterocycles. The summed E-state index contributed by atoms with van der Waals surface area (Å²) in [4.78, 5) is 37.5. The maximum Gasteiger partial charge on any atom is 0.407 e. The summed E-state index contributed by atoms with van der Waals surface area (Å²) in [6, 6.07) is 4.98. The fourth-order valence-corrected chi connectivity index (χ4v) is 6.47. The zero-order valence-electron chi connectivity index (χ0n) is 31.8. The van der Waals surface area contributed by atoms with Crippen molar-refractivity contribution < 1.29 is 83.7 Å². The second-order valence-corrected chi connectivity index (χ2v) is 15.2. The molecule has 57 heavy (non-hydrogen) atoms. The molecule has 3 amide bonds. The summed E-state index contributed by atoms with van der Waals surface area (Å²) < 4.78 is 33.4. The molecule has 22 heteroatoms. The molecular weight excluding hydrogens is 762 g/mol. The number of benzene rings is 1. The number of carbonyl (C=O) groups excluding carboxylic acids is 3. The third-order valence-electron chi connectivity index (χ3n) is 9.58. The van der Waals surface area contributed by atoms with Gasteiger partial charge < -0.3 is 96.7 Å². The second-order valence-electron chi connectivity index (χ2n) is 15.2. The van der Waals surface area contributed by atoms with Gasteiger partial charge in [-0.3, -0.25) is 4.79 Å². The van der Waals surface area contributed by atoms with E-state index in [2.05, 4.69) is 16.0 Å². The predicted octanol–water partition coefficient (Wildman–Crippen LogP) is -4.89. The Hall–Kier alpha value is -3.33. The third kappa shape index (κ3) is 12.6. The lowest BCUT2D eigenvalue weighted by Crippen LogP contribution is -2.69. The molecule has 1 saturated carbocycles. The minimum Gasteiger partial charge on any atom is -0.445 e. The van der Waals surface area contributed by atoms with E-state index in [4.69, 9.17) is 39.9 Å². The van der Waals surface area contributed by atoms with E-state index in [1.54, 1.807) is 51.1 Å². The highest BCUT2D eigenvalue weighted by Gasteiger charge is 2.53. The number of amides is 3. The Balaban J connectivity index is 1.46. The standard InChI is InChI=1S/C35H57N5O17/c1-35(2,3)57-34(51)38-10-9-18(42)30(49)40-17-11-16(36)28(27(48)29(17)56-31-24(45)21(37)22(43)20(13-41)54-31)55-32-26(47)25(46)23(44)19(53-32)12-39-33(50)52-14-15-7-5-4-6-8-15/h4-8,16-29,31-32,41-48H,9-14,36-37H2,1-3H3,(H,38,51)(H,39,50)(H,40,49)/t16?,17-,18+,19?,20?,21+,22-,23-,24?,25+,26?,27+,28-,29?,31-,32-/m1/s1. The van der Waals surface area contributed by atoms with E-state index in [9.17, 15) is 55.2 Å². The van der Waals surface area contributed by atoms with Crippen LogP contribution in [0.5, 0.6) is 0 Å². The lowest BCUT2D eigenvalue weighted by Gasteiger charge is -2.49. The molecule has 1 aliphatic carbocycles. The van der Waals surface area contributed by atoms with Gasteiger partial charge in [-0.1, -0.05) is 30.3 Å². The fourth-order valence-electron chi connectivity index (χ4n) is 6.47. The lowest BCUT2D eigenvalue weighted by atomic mass is 9.83. The van der Waals surface area contributed by atoms with E-state index in [1.807, 2.05) is 0 Å². The molecule has 1 aromatic rings. The van der Waals surface area contributed by atoms with Crippen molar-refractivity contribution in [3.8, 4) is 0 Å². The van der Waals surface area contributed by atoms with Gasteiger partial charge in [0.15, 0.2) is 12.6 Å². The maximum atomic E-state index is 13.2. The number of hydrogen-bond acceptors (Lipinski definition) is 19. The van der Waals surface area contributed by atoms with Crippen LogP contribution < -0.4 is 27.4 Å². The molecule has 3 aliphatic rings. The average Bonchev–Trinajstić information content (AvgIpc) is 3.16. The summed E-state index contributed by atoms with van der Waals surface area (Å²) in [6.07, 6.45) is -23.7. The SMILES string of the molecule is CC(C)(C)OC(=O)NCC[C@H](O)C(=O)N[C@@H]1CC(N)[C@@H](O[C@H]2OC(CNC(=O)OCc3ccccc3)[C@@H](O)[C@H](O)C2O)[C@H](O)C1O[C@H]1OC(CO)[C@@H](O)[C@H](N)C1O. The second kappa shape index (κ2) is 20.6. The highest BCUT2D eigenvalue weighted by atomic mass is 16.7. The smallest absolute Gasteiger partial charge is 0.407 e. The number of rotatable bonds is 14. The van der Waals surface area contributed by atoms with Crippen molar-refractivity contribution in [1.82, 2.24) is 16.0 Å². The Morgan fingerprint density at radius 1 is 0.825 bits per heavy atom. The normalized spacial score (nSPS) is 36.4. The first kappa shape index (κ1) is 46.4. The first-order chi connectivity index (χ1) is 26.8. The topological polar surface area (TPSA) is 357 Å². The van der Waals surface area contributed by atoms with Crippen LogP contribution in [0, 0.1) is 0 Å². The zero-order chi connectivity index (χ0) is 42.2. The minimum atomic E-state index is -1.91. The number of alkyl carbamates (subject to hydrolysis) is 2. The van der Waals surface area contributed by atoms with Crippen LogP contribution in [0.3, 0.4) is 0 Å². The largest absolute Gasteiger partial charge is 0.445 e. The predicted molar refractivity (Wildman–Crippen MR) is 192 cm³/mol. The first-order valence-electron chi connectivity index (χ1n) is 18.5. The lowest BCUT2D eigenvalue weighted by molar-refractivity contribution is -0.333. The van der Waals surface area contributed by atoms with Gasteiger partial charge in [0.2, 0.25) is 5.91 Å². The van der Waals surface area contributed by atoms with Gasteiger partial charge in [0.25, 0.3) is 0 Å². The average molecular weight is 820 g/mol. The van der Waals surface area contributed by atoms with Crippen molar-refractivity contribution in [3.05, 3.63) is 35.9 Å². The Morgan fingerprint density at radius 3 is 2.11 bits per heavy atom. The Labute approximate surface area is 328 Å². The van der Waals surface area contributed by atoms with Gasteiger partial charge in [0, 0.05) is 19.1 Å². The fraction of sp³-hybridized carbons (Fsp3) is 0.743. The van der Waals surface area contributed by atoms with Crippen LogP contribution in [0.15, 0.2) is 30.3 Å². The summed E-state index contributed by atoms with van der Waals surface area (Å²) in [5, 5.41) is 92.7. The van der Waals surface area contributed by atoms with Crippen LogP contribution in [0.25, 0.3) is 0 Å². The molecule has 0 radical (unpaired) electrons. The van der Waals surface area contributed by atoms with Crippen LogP contribution in [0.2, 0.25) is 0 Å². The van der Waals surface area contributed by atoms with Crippen LogP contribution in [0.1, 0.15) is 39.2 Å². The van der Waals surface area contributed by atoms with E-state index >= 15 is 0 Å². The summed E-state index contributed by atoms with van der Waals surface area (Å²) in [5.74, 6) is -0.968. The van der Waals surface area contributed by atoms with Crippen molar-refractivity contribution in [1.29, 1.82) is 0 Å². The molecule has 16 atom stereocenters. The molecule has 2 heterocycles. The number of aliphatic hydroxyl groups is 8. The number of nitrogens with two attached hydrogens (primary N) is 2. The highest BCUT2D eigenvalue weighted by Crippen LogP contribution is 2.32.